The van der Waals surface area contributed by atoms with Crippen molar-refractivity contribution in [3.8, 4) is 5.75 Å². The molecule has 1 aliphatic rings. The van der Waals surface area contributed by atoms with E-state index in [2.05, 4.69) is 9.97 Å². The first kappa shape index (κ1) is 15.9. The van der Waals surface area contributed by atoms with E-state index in [9.17, 15) is 4.79 Å². The maximum Gasteiger partial charge on any atom is 0.232 e. The Morgan fingerprint density at radius 1 is 1.52 bits per heavy atom. The first-order chi connectivity index (χ1) is 11.3. The number of methoxy groups -OCH3 is 1. The van der Waals surface area contributed by atoms with Gasteiger partial charge in [-0.25, -0.2) is 4.98 Å². The number of carbonyl (C=O) groups is 1. The molecule has 0 aliphatic carbocycles. The maximum absolute atomic E-state index is 12.5. The molecule has 2 heterocycles. The van der Waals surface area contributed by atoms with Crippen LogP contribution >= 0.6 is 11.8 Å². The molecule has 1 aromatic carbocycles. The maximum atomic E-state index is 12.5. The number of carbonyl (C=O) groups excluding carboxylic acids is 1. The van der Waals surface area contributed by atoms with Gasteiger partial charge in [0.25, 0.3) is 0 Å². The predicted octanol–water partition coefficient (Wildman–Crippen LogP) is 2.92. The third-order valence-corrected chi connectivity index (χ3v) is 5.06. The zero-order valence-corrected chi connectivity index (χ0v) is 14.0. The second kappa shape index (κ2) is 7.55. The number of hydrogen-bond acceptors (Lipinski definition) is 4. The number of thioether (sulfide) groups is 1. The first-order valence-electron chi connectivity index (χ1n) is 7.80. The standard InChI is InChI=1S/C17H21N3O2S/c1-22-14-5-2-6-15(10-14)23-12-16(21)20-9-3-4-13(11-20)17-18-7-8-19-17/h2,5-8,10,13H,3-4,9,11-12H2,1H3,(H,18,19)/t13-/m1/s1. The lowest BCUT2D eigenvalue weighted by Gasteiger charge is -2.31. The van der Waals surface area contributed by atoms with Crippen LogP contribution in [-0.4, -0.2) is 46.7 Å². The third kappa shape index (κ3) is 4.07. The number of benzene rings is 1. The number of imidazole rings is 1. The van der Waals surface area contributed by atoms with Gasteiger partial charge in [-0.2, -0.15) is 0 Å². The molecule has 0 radical (unpaired) electrons. The SMILES string of the molecule is COc1cccc(SCC(=O)N2CCC[C@@H](c3ncc[nH]3)C2)c1. The fraction of sp³-hybridized carbons (Fsp3) is 0.412. The number of piperidine rings is 1. The van der Waals surface area contributed by atoms with Gasteiger partial charge in [0, 0.05) is 36.3 Å². The molecule has 6 heteroatoms. The number of ether oxygens (including phenoxy) is 1. The summed E-state index contributed by atoms with van der Waals surface area (Å²) in [5.41, 5.74) is 0. The molecule has 0 spiro atoms. The molecule has 0 bridgehead atoms. The molecule has 0 saturated carbocycles. The van der Waals surface area contributed by atoms with E-state index >= 15 is 0 Å². The molecule has 1 saturated heterocycles. The second-order valence-corrected chi connectivity index (χ2v) is 6.67. The summed E-state index contributed by atoms with van der Waals surface area (Å²) < 4.78 is 5.21. The van der Waals surface area contributed by atoms with E-state index in [4.69, 9.17) is 4.74 Å². The molecule has 1 fully saturated rings. The molecule has 3 rings (SSSR count). The number of nitrogens with zero attached hydrogens (tertiary/aromatic N) is 2. The molecule has 23 heavy (non-hydrogen) atoms. The number of nitrogens with one attached hydrogen (secondary N) is 1. The normalized spacial score (nSPS) is 18.0. The van der Waals surface area contributed by atoms with Crippen LogP contribution in [0.5, 0.6) is 5.75 Å². The average molecular weight is 331 g/mol. The Bertz CT molecular complexity index is 645. The van der Waals surface area contributed by atoms with E-state index in [-0.39, 0.29) is 5.91 Å². The van der Waals surface area contributed by atoms with Gasteiger partial charge in [0.1, 0.15) is 11.6 Å². The number of amides is 1. The summed E-state index contributed by atoms with van der Waals surface area (Å²) >= 11 is 1.56. The Morgan fingerprint density at radius 3 is 3.22 bits per heavy atom. The summed E-state index contributed by atoms with van der Waals surface area (Å²) in [5.74, 6) is 2.78. The molecule has 122 valence electrons. The van der Waals surface area contributed by atoms with Crippen molar-refractivity contribution in [3.05, 3.63) is 42.5 Å². The molecule has 1 amide bonds. The van der Waals surface area contributed by atoms with Crippen LogP contribution in [0.4, 0.5) is 0 Å². The van der Waals surface area contributed by atoms with Crippen molar-refractivity contribution in [1.82, 2.24) is 14.9 Å². The smallest absolute Gasteiger partial charge is 0.232 e. The molecular formula is C17H21N3O2S. The Balaban J connectivity index is 1.55. The lowest BCUT2D eigenvalue weighted by molar-refractivity contribution is -0.129. The summed E-state index contributed by atoms with van der Waals surface area (Å²) in [4.78, 5) is 23.0. The molecular weight excluding hydrogens is 310 g/mol. The van der Waals surface area contributed by atoms with E-state index in [0.717, 1.165) is 42.4 Å². The fourth-order valence-electron chi connectivity index (χ4n) is 2.85. The lowest BCUT2D eigenvalue weighted by Crippen LogP contribution is -2.40. The summed E-state index contributed by atoms with van der Waals surface area (Å²) in [5, 5.41) is 0. The van der Waals surface area contributed by atoms with Gasteiger partial charge in [0.15, 0.2) is 0 Å². The topological polar surface area (TPSA) is 58.2 Å². The van der Waals surface area contributed by atoms with Gasteiger partial charge in [0.2, 0.25) is 5.91 Å². The summed E-state index contributed by atoms with van der Waals surface area (Å²) in [6.07, 6.45) is 5.73. The number of hydrogen-bond donors (Lipinski definition) is 1. The molecule has 1 aliphatic heterocycles. The Hall–Kier alpha value is -1.95. The van der Waals surface area contributed by atoms with Crippen molar-refractivity contribution >= 4 is 17.7 Å². The van der Waals surface area contributed by atoms with Crippen LogP contribution in [0, 0.1) is 0 Å². The Labute approximate surface area is 140 Å². The largest absolute Gasteiger partial charge is 0.497 e. The van der Waals surface area contributed by atoms with Gasteiger partial charge in [-0.15, -0.1) is 11.8 Å². The minimum absolute atomic E-state index is 0.189. The molecule has 5 nitrogen and oxygen atoms in total. The molecule has 1 aromatic heterocycles. The van der Waals surface area contributed by atoms with Crippen LogP contribution in [0.15, 0.2) is 41.6 Å². The third-order valence-electron chi connectivity index (χ3n) is 4.08. The van der Waals surface area contributed by atoms with Crippen molar-refractivity contribution in [1.29, 1.82) is 0 Å². The van der Waals surface area contributed by atoms with E-state index in [1.807, 2.05) is 35.4 Å². The molecule has 1 atom stereocenters. The molecule has 0 unspecified atom stereocenters. The first-order valence-corrected chi connectivity index (χ1v) is 8.78. The second-order valence-electron chi connectivity index (χ2n) is 5.62. The van der Waals surface area contributed by atoms with Gasteiger partial charge >= 0.3 is 0 Å². The molecule has 1 N–H and O–H groups in total. The van der Waals surface area contributed by atoms with Crippen molar-refractivity contribution in [2.75, 3.05) is 26.0 Å². The van der Waals surface area contributed by atoms with Crippen LogP contribution in [0.3, 0.4) is 0 Å². The van der Waals surface area contributed by atoms with Gasteiger partial charge in [-0.1, -0.05) is 6.07 Å². The summed E-state index contributed by atoms with van der Waals surface area (Å²) in [7, 11) is 1.65. The predicted molar refractivity (Wildman–Crippen MR) is 90.9 cm³/mol. The quantitative estimate of drug-likeness (QED) is 0.856. The van der Waals surface area contributed by atoms with Crippen LogP contribution in [0.1, 0.15) is 24.6 Å². The minimum atomic E-state index is 0.189. The van der Waals surface area contributed by atoms with E-state index in [1.165, 1.54) is 0 Å². The average Bonchev–Trinajstić information content (AvgIpc) is 3.14. The number of likely N-dealkylation sites (tertiary alicyclic amines) is 1. The van der Waals surface area contributed by atoms with Crippen molar-refractivity contribution in [2.45, 2.75) is 23.7 Å². The van der Waals surface area contributed by atoms with Crippen molar-refractivity contribution in [3.63, 3.8) is 0 Å². The van der Waals surface area contributed by atoms with Crippen molar-refractivity contribution < 1.29 is 9.53 Å². The Kier molecular flexibility index (Phi) is 5.23. The van der Waals surface area contributed by atoms with E-state index < -0.39 is 0 Å². The van der Waals surface area contributed by atoms with Gasteiger partial charge in [0.05, 0.1) is 12.9 Å². The van der Waals surface area contributed by atoms with E-state index in [0.29, 0.717) is 11.7 Å². The van der Waals surface area contributed by atoms with Crippen molar-refractivity contribution in [2.24, 2.45) is 0 Å². The Morgan fingerprint density at radius 2 is 2.43 bits per heavy atom. The summed E-state index contributed by atoms with van der Waals surface area (Å²) in [6.45, 7) is 1.60. The highest BCUT2D eigenvalue weighted by Gasteiger charge is 2.25. The van der Waals surface area contributed by atoms with Crippen LogP contribution in [0.25, 0.3) is 0 Å². The number of aromatic amines is 1. The van der Waals surface area contributed by atoms with Gasteiger partial charge in [-0.3, -0.25) is 4.79 Å². The van der Waals surface area contributed by atoms with Gasteiger partial charge < -0.3 is 14.6 Å². The fourth-order valence-corrected chi connectivity index (χ4v) is 3.70. The number of rotatable bonds is 5. The zero-order valence-electron chi connectivity index (χ0n) is 13.2. The minimum Gasteiger partial charge on any atom is -0.497 e. The van der Waals surface area contributed by atoms with Crippen LogP contribution in [-0.2, 0) is 4.79 Å². The highest BCUT2D eigenvalue weighted by molar-refractivity contribution is 8.00. The number of H-pyrrole nitrogens is 1. The van der Waals surface area contributed by atoms with Crippen LogP contribution in [0.2, 0.25) is 0 Å². The number of aromatic nitrogens is 2. The zero-order chi connectivity index (χ0) is 16.1. The van der Waals surface area contributed by atoms with Gasteiger partial charge in [-0.05, 0) is 31.0 Å². The highest BCUT2D eigenvalue weighted by atomic mass is 32.2. The monoisotopic (exact) mass is 331 g/mol. The summed E-state index contributed by atoms with van der Waals surface area (Å²) in [6, 6.07) is 7.81. The lowest BCUT2D eigenvalue weighted by atomic mass is 9.97. The van der Waals surface area contributed by atoms with Crippen LogP contribution < -0.4 is 4.74 Å². The highest BCUT2D eigenvalue weighted by Crippen LogP contribution is 2.26. The van der Waals surface area contributed by atoms with E-state index in [1.54, 1.807) is 25.1 Å². The molecule has 2 aromatic rings.